The Morgan fingerprint density at radius 3 is 2.64 bits per heavy atom. The van der Waals surface area contributed by atoms with Crippen LogP contribution in [0.5, 0.6) is 5.75 Å². The molecule has 2 aliphatic heterocycles. The Morgan fingerprint density at radius 1 is 1.14 bits per heavy atom. The molecule has 2 saturated heterocycles. The van der Waals surface area contributed by atoms with Crippen LogP contribution >= 0.6 is 11.6 Å². The van der Waals surface area contributed by atoms with E-state index in [2.05, 4.69) is 10.6 Å². The third-order valence-electron chi connectivity index (χ3n) is 7.48. The number of fused-ring (bicyclic) bond motifs is 1. The van der Waals surface area contributed by atoms with E-state index in [1.54, 1.807) is 33.7 Å². The van der Waals surface area contributed by atoms with E-state index in [0.29, 0.717) is 42.6 Å². The summed E-state index contributed by atoms with van der Waals surface area (Å²) in [4.78, 5) is 54.1. The first-order valence-corrected chi connectivity index (χ1v) is 14.0. The Balaban J connectivity index is 1.31. The molecule has 3 heterocycles. The van der Waals surface area contributed by atoms with Gasteiger partial charge in [-0.3, -0.25) is 14.4 Å². The van der Waals surface area contributed by atoms with Gasteiger partial charge in [0.1, 0.15) is 30.3 Å². The highest BCUT2D eigenvalue weighted by Gasteiger charge is 2.40. The molecule has 2 aromatic carbocycles. The van der Waals surface area contributed by atoms with Crippen molar-refractivity contribution in [2.24, 2.45) is 0 Å². The highest BCUT2D eigenvalue weighted by molar-refractivity contribution is 6.30. The SMILES string of the molecule is CC(=O)c1cn(CC(=O)N2C[C@H](F)C[C@H]2C(=O)NCc2cccc(Cl)c2F)c2ccc(OC(=O)N3CCNCC3)cc12. The Bertz CT molecular complexity index is 1540. The van der Waals surface area contributed by atoms with Gasteiger partial charge in [-0.25, -0.2) is 13.6 Å². The zero-order chi connectivity index (χ0) is 30.0. The van der Waals surface area contributed by atoms with E-state index in [0.717, 1.165) is 4.90 Å². The monoisotopic (exact) mass is 601 g/mol. The number of hydrogen-bond donors (Lipinski definition) is 2. The molecule has 2 atom stereocenters. The average molecular weight is 602 g/mol. The van der Waals surface area contributed by atoms with E-state index in [-0.39, 0.29) is 48.2 Å². The predicted molar refractivity (Wildman–Crippen MR) is 151 cm³/mol. The molecule has 2 aliphatic rings. The lowest BCUT2D eigenvalue weighted by Crippen LogP contribution is -2.47. The molecule has 0 spiro atoms. The minimum absolute atomic E-state index is 0.0862. The maximum Gasteiger partial charge on any atom is 0.415 e. The number of amides is 3. The smallest absolute Gasteiger partial charge is 0.410 e. The lowest BCUT2D eigenvalue weighted by atomic mass is 10.1. The molecule has 3 amide bonds. The zero-order valence-electron chi connectivity index (χ0n) is 22.9. The standard InChI is InChI=1S/C29H30ClF2N5O5/c1-17(38)22-15-36(24-6-5-20(12-21(22)24)42-29(41)35-9-7-33-8-10-35)16-26(39)37-14-19(31)11-25(37)28(40)34-13-18-3-2-4-23(30)27(18)32/h2-6,12,15,19,25,33H,7-11,13-14,16H2,1H3,(H,34,40)/t19-,25+/m1/s1. The van der Waals surface area contributed by atoms with Gasteiger partial charge < -0.3 is 29.7 Å². The highest BCUT2D eigenvalue weighted by Crippen LogP contribution is 2.28. The van der Waals surface area contributed by atoms with Crippen molar-refractivity contribution in [2.45, 2.75) is 38.6 Å². The number of aromatic nitrogens is 1. The first-order valence-electron chi connectivity index (χ1n) is 13.6. The molecule has 3 aromatic rings. The second-order valence-corrected chi connectivity index (χ2v) is 10.7. The summed E-state index contributed by atoms with van der Waals surface area (Å²) in [6, 6.07) is 8.11. The number of halogens is 3. The van der Waals surface area contributed by atoms with Crippen molar-refractivity contribution in [2.75, 3.05) is 32.7 Å². The molecular formula is C29H30ClF2N5O5. The molecule has 13 heteroatoms. The Kier molecular flexibility index (Phi) is 8.74. The first kappa shape index (κ1) is 29.5. The van der Waals surface area contributed by atoms with Crippen LogP contribution in [0.3, 0.4) is 0 Å². The molecule has 222 valence electrons. The van der Waals surface area contributed by atoms with E-state index in [1.807, 2.05) is 0 Å². The molecular weight excluding hydrogens is 572 g/mol. The van der Waals surface area contributed by atoms with Crippen LogP contribution in [0.1, 0.15) is 29.3 Å². The first-order chi connectivity index (χ1) is 20.1. The van der Waals surface area contributed by atoms with Crippen LogP contribution in [0.15, 0.2) is 42.6 Å². The largest absolute Gasteiger partial charge is 0.415 e. The minimum atomic E-state index is -1.41. The number of carbonyl (C=O) groups excluding carboxylic acids is 4. The molecule has 0 radical (unpaired) electrons. The summed E-state index contributed by atoms with van der Waals surface area (Å²) < 4.78 is 35.8. The van der Waals surface area contributed by atoms with E-state index >= 15 is 0 Å². The van der Waals surface area contributed by atoms with Gasteiger partial charge in [0.15, 0.2) is 5.78 Å². The van der Waals surface area contributed by atoms with Crippen LogP contribution < -0.4 is 15.4 Å². The molecule has 42 heavy (non-hydrogen) atoms. The summed E-state index contributed by atoms with van der Waals surface area (Å²) in [5.74, 6) is -1.80. The number of Topliss-reactive ketones (excluding diaryl/α,β-unsaturated/α-hetero) is 1. The van der Waals surface area contributed by atoms with E-state index in [9.17, 15) is 28.0 Å². The van der Waals surface area contributed by atoms with Crippen LogP contribution in [0.4, 0.5) is 13.6 Å². The number of carbonyl (C=O) groups is 4. The number of rotatable bonds is 7. The molecule has 0 bridgehead atoms. The number of likely N-dealkylation sites (tertiary alicyclic amines) is 1. The summed E-state index contributed by atoms with van der Waals surface area (Å²) in [5, 5.41) is 6.14. The lowest BCUT2D eigenvalue weighted by Gasteiger charge is -2.26. The van der Waals surface area contributed by atoms with Crippen molar-refractivity contribution in [1.29, 1.82) is 0 Å². The maximum atomic E-state index is 14.5. The second kappa shape index (κ2) is 12.5. The summed E-state index contributed by atoms with van der Waals surface area (Å²) in [7, 11) is 0. The van der Waals surface area contributed by atoms with Gasteiger partial charge in [-0.1, -0.05) is 23.7 Å². The molecule has 0 unspecified atom stereocenters. The number of ether oxygens (including phenoxy) is 1. The van der Waals surface area contributed by atoms with E-state index in [4.69, 9.17) is 16.3 Å². The average Bonchev–Trinajstić information content (AvgIpc) is 3.54. The van der Waals surface area contributed by atoms with Gasteiger partial charge in [-0.2, -0.15) is 0 Å². The summed E-state index contributed by atoms with van der Waals surface area (Å²) in [6.07, 6.45) is -0.572. The fourth-order valence-corrected chi connectivity index (χ4v) is 5.49. The molecule has 2 N–H and O–H groups in total. The van der Waals surface area contributed by atoms with Gasteiger partial charge in [0.2, 0.25) is 11.8 Å². The second-order valence-electron chi connectivity index (χ2n) is 10.3. The molecule has 0 aliphatic carbocycles. The van der Waals surface area contributed by atoms with Crippen LogP contribution in [-0.4, -0.2) is 83.0 Å². The fraction of sp³-hybridized carbons (Fsp3) is 0.379. The number of hydrogen-bond acceptors (Lipinski definition) is 6. The maximum absolute atomic E-state index is 14.5. The number of nitrogens with zero attached hydrogens (tertiary/aromatic N) is 3. The Labute approximate surface area is 245 Å². The van der Waals surface area contributed by atoms with E-state index in [1.165, 1.54) is 25.3 Å². The molecule has 1 aromatic heterocycles. The van der Waals surface area contributed by atoms with Crippen LogP contribution in [0.25, 0.3) is 10.9 Å². The predicted octanol–water partition coefficient (Wildman–Crippen LogP) is 3.30. The van der Waals surface area contributed by atoms with Crippen LogP contribution in [-0.2, 0) is 22.7 Å². The molecule has 5 rings (SSSR count). The van der Waals surface area contributed by atoms with Gasteiger partial charge in [0, 0.05) is 67.4 Å². The Morgan fingerprint density at radius 2 is 1.90 bits per heavy atom. The van der Waals surface area contributed by atoms with Crippen molar-refractivity contribution < 1.29 is 32.7 Å². The van der Waals surface area contributed by atoms with Gasteiger partial charge in [0.05, 0.1) is 11.6 Å². The van der Waals surface area contributed by atoms with Gasteiger partial charge >= 0.3 is 6.09 Å². The van der Waals surface area contributed by atoms with Crippen molar-refractivity contribution in [3.05, 3.63) is 64.6 Å². The fourth-order valence-electron chi connectivity index (χ4n) is 5.29. The highest BCUT2D eigenvalue weighted by atomic mass is 35.5. The third-order valence-corrected chi connectivity index (χ3v) is 7.77. The van der Waals surface area contributed by atoms with Crippen molar-refractivity contribution in [1.82, 2.24) is 25.0 Å². The van der Waals surface area contributed by atoms with Crippen molar-refractivity contribution in [3.8, 4) is 5.75 Å². The number of alkyl halides is 1. The lowest BCUT2D eigenvalue weighted by molar-refractivity contribution is -0.139. The van der Waals surface area contributed by atoms with Crippen LogP contribution in [0, 0.1) is 5.82 Å². The summed E-state index contributed by atoms with van der Waals surface area (Å²) >= 11 is 5.80. The minimum Gasteiger partial charge on any atom is -0.410 e. The number of piperazine rings is 1. The van der Waals surface area contributed by atoms with Gasteiger partial charge in [-0.15, -0.1) is 0 Å². The number of nitrogens with one attached hydrogen (secondary N) is 2. The zero-order valence-corrected chi connectivity index (χ0v) is 23.6. The third kappa shape index (κ3) is 6.24. The van der Waals surface area contributed by atoms with Crippen LogP contribution in [0.2, 0.25) is 5.02 Å². The number of ketones is 1. The van der Waals surface area contributed by atoms with Crippen molar-refractivity contribution in [3.63, 3.8) is 0 Å². The molecule has 10 nitrogen and oxygen atoms in total. The normalized spacial score (nSPS) is 18.8. The molecule has 2 fully saturated rings. The van der Waals surface area contributed by atoms with Crippen molar-refractivity contribution >= 4 is 46.2 Å². The molecule has 0 saturated carbocycles. The summed E-state index contributed by atoms with van der Waals surface area (Å²) in [6.45, 7) is 3.06. The number of benzene rings is 2. The van der Waals surface area contributed by atoms with E-state index < -0.39 is 35.9 Å². The Hall–Kier alpha value is -4.03. The van der Waals surface area contributed by atoms with Gasteiger partial charge in [0.25, 0.3) is 0 Å². The quantitative estimate of drug-likeness (QED) is 0.402. The topological polar surface area (TPSA) is 113 Å². The van der Waals surface area contributed by atoms with Gasteiger partial charge in [-0.05, 0) is 31.2 Å². The summed E-state index contributed by atoms with van der Waals surface area (Å²) in [5.41, 5.74) is 1.02.